The molecule has 1 aliphatic heterocycles. The lowest BCUT2D eigenvalue weighted by molar-refractivity contribution is 0.730. The SMILES string of the molecule is CC(N)Cc1cccc2c1CCS2. The predicted octanol–water partition coefficient (Wildman–Crippen LogP) is 2.22. The first kappa shape index (κ1) is 9.10. The standard InChI is InChI=1S/C11H15NS/c1-8(12)7-9-3-2-4-11-10(9)5-6-13-11/h2-4,8H,5-7,12H2,1H3. The molecule has 0 saturated carbocycles. The Balaban J connectivity index is 2.30. The first-order valence-corrected chi connectivity index (χ1v) is 5.75. The molecule has 0 radical (unpaired) electrons. The summed E-state index contributed by atoms with van der Waals surface area (Å²) < 4.78 is 0. The van der Waals surface area contributed by atoms with E-state index in [0.717, 1.165) is 6.42 Å². The van der Waals surface area contributed by atoms with Crippen molar-refractivity contribution >= 4 is 11.8 Å². The molecule has 1 heterocycles. The zero-order chi connectivity index (χ0) is 9.26. The van der Waals surface area contributed by atoms with Crippen LogP contribution in [-0.2, 0) is 12.8 Å². The van der Waals surface area contributed by atoms with Gasteiger partial charge in [0.25, 0.3) is 0 Å². The Bertz CT molecular complexity index is 307. The lowest BCUT2D eigenvalue weighted by Gasteiger charge is -2.09. The van der Waals surface area contributed by atoms with Crippen LogP contribution in [0.15, 0.2) is 23.1 Å². The van der Waals surface area contributed by atoms with Gasteiger partial charge in [-0.15, -0.1) is 11.8 Å². The second kappa shape index (κ2) is 3.72. The highest BCUT2D eigenvalue weighted by molar-refractivity contribution is 7.99. The average Bonchev–Trinajstić information content (AvgIpc) is 2.51. The van der Waals surface area contributed by atoms with Crippen molar-refractivity contribution in [1.82, 2.24) is 0 Å². The van der Waals surface area contributed by atoms with Crippen LogP contribution in [0.25, 0.3) is 0 Å². The highest BCUT2D eigenvalue weighted by Gasteiger charge is 2.14. The van der Waals surface area contributed by atoms with Gasteiger partial charge < -0.3 is 5.73 Å². The van der Waals surface area contributed by atoms with E-state index in [1.807, 2.05) is 11.8 Å². The molecule has 13 heavy (non-hydrogen) atoms. The molecule has 0 aliphatic carbocycles. The number of fused-ring (bicyclic) bond motifs is 1. The van der Waals surface area contributed by atoms with Gasteiger partial charge in [-0.05, 0) is 37.0 Å². The van der Waals surface area contributed by atoms with E-state index in [2.05, 4.69) is 25.1 Å². The fraction of sp³-hybridized carbons (Fsp3) is 0.455. The van der Waals surface area contributed by atoms with E-state index in [4.69, 9.17) is 5.73 Å². The molecule has 1 atom stereocenters. The number of benzene rings is 1. The number of hydrogen-bond acceptors (Lipinski definition) is 2. The van der Waals surface area contributed by atoms with E-state index in [9.17, 15) is 0 Å². The third-order valence-corrected chi connectivity index (χ3v) is 3.48. The molecule has 0 saturated heterocycles. The van der Waals surface area contributed by atoms with Crippen LogP contribution < -0.4 is 5.73 Å². The van der Waals surface area contributed by atoms with Crippen LogP contribution in [0, 0.1) is 0 Å². The Morgan fingerprint density at radius 1 is 1.54 bits per heavy atom. The van der Waals surface area contributed by atoms with E-state index in [1.54, 1.807) is 5.56 Å². The van der Waals surface area contributed by atoms with E-state index in [0.29, 0.717) is 0 Å². The number of rotatable bonds is 2. The normalized spacial score (nSPS) is 17.1. The minimum absolute atomic E-state index is 0.275. The van der Waals surface area contributed by atoms with Crippen molar-refractivity contribution in [3.05, 3.63) is 29.3 Å². The first-order valence-electron chi connectivity index (χ1n) is 4.76. The van der Waals surface area contributed by atoms with E-state index in [1.165, 1.54) is 22.6 Å². The molecule has 1 aromatic rings. The van der Waals surface area contributed by atoms with Gasteiger partial charge in [0.15, 0.2) is 0 Å². The predicted molar refractivity (Wildman–Crippen MR) is 58.2 cm³/mol. The quantitative estimate of drug-likeness (QED) is 0.779. The van der Waals surface area contributed by atoms with Gasteiger partial charge in [0.1, 0.15) is 0 Å². The highest BCUT2D eigenvalue weighted by atomic mass is 32.2. The Labute approximate surface area is 83.7 Å². The Kier molecular flexibility index (Phi) is 2.61. The summed E-state index contributed by atoms with van der Waals surface area (Å²) in [6.45, 7) is 2.07. The summed E-state index contributed by atoms with van der Waals surface area (Å²) in [7, 11) is 0. The summed E-state index contributed by atoms with van der Waals surface area (Å²) in [6, 6.07) is 6.86. The highest BCUT2D eigenvalue weighted by Crippen LogP contribution is 2.33. The van der Waals surface area contributed by atoms with Crippen molar-refractivity contribution in [2.45, 2.75) is 30.7 Å². The summed E-state index contributed by atoms with van der Waals surface area (Å²) in [6.07, 6.45) is 2.24. The van der Waals surface area contributed by atoms with Gasteiger partial charge in [0, 0.05) is 16.7 Å². The van der Waals surface area contributed by atoms with Crippen LogP contribution in [-0.4, -0.2) is 11.8 Å². The number of nitrogens with two attached hydrogens (primary N) is 1. The monoisotopic (exact) mass is 193 g/mol. The van der Waals surface area contributed by atoms with Crippen molar-refractivity contribution in [2.75, 3.05) is 5.75 Å². The van der Waals surface area contributed by atoms with E-state index in [-0.39, 0.29) is 6.04 Å². The van der Waals surface area contributed by atoms with Crippen molar-refractivity contribution in [3.63, 3.8) is 0 Å². The molecule has 2 rings (SSSR count). The molecule has 1 unspecified atom stereocenters. The summed E-state index contributed by atoms with van der Waals surface area (Å²) >= 11 is 1.97. The van der Waals surface area contributed by atoms with Gasteiger partial charge in [-0.3, -0.25) is 0 Å². The molecule has 0 fully saturated rings. The maximum Gasteiger partial charge on any atom is 0.0107 e. The molecule has 0 bridgehead atoms. The van der Waals surface area contributed by atoms with Gasteiger partial charge in [0.2, 0.25) is 0 Å². The van der Waals surface area contributed by atoms with Crippen LogP contribution in [0.4, 0.5) is 0 Å². The second-order valence-corrected chi connectivity index (χ2v) is 4.81. The van der Waals surface area contributed by atoms with Gasteiger partial charge in [0.05, 0.1) is 0 Å². The van der Waals surface area contributed by atoms with Crippen LogP contribution >= 0.6 is 11.8 Å². The fourth-order valence-electron chi connectivity index (χ4n) is 1.83. The first-order chi connectivity index (χ1) is 6.27. The van der Waals surface area contributed by atoms with Crippen molar-refractivity contribution < 1.29 is 0 Å². The summed E-state index contributed by atoms with van der Waals surface area (Å²) in [5.41, 5.74) is 8.81. The third kappa shape index (κ3) is 1.89. The maximum atomic E-state index is 5.81. The zero-order valence-electron chi connectivity index (χ0n) is 7.92. The lowest BCUT2D eigenvalue weighted by atomic mass is 10.00. The Morgan fingerprint density at radius 2 is 2.38 bits per heavy atom. The molecule has 0 amide bonds. The van der Waals surface area contributed by atoms with Crippen LogP contribution in [0.2, 0.25) is 0 Å². The van der Waals surface area contributed by atoms with E-state index >= 15 is 0 Å². The molecule has 1 nitrogen and oxygen atoms in total. The minimum Gasteiger partial charge on any atom is -0.328 e. The molecular weight excluding hydrogens is 178 g/mol. The van der Waals surface area contributed by atoms with Crippen molar-refractivity contribution in [1.29, 1.82) is 0 Å². The van der Waals surface area contributed by atoms with Crippen LogP contribution in [0.3, 0.4) is 0 Å². The molecule has 2 heteroatoms. The number of thioether (sulfide) groups is 1. The summed E-state index contributed by atoms with van der Waals surface area (Å²) in [5.74, 6) is 1.24. The Hall–Kier alpha value is -0.470. The lowest BCUT2D eigenvalue weighted by Crippen LogP contribution is -2.18. The van der Waals surface area contributed by atoms with Crippen LogP contribution in [0.5, 0.6) is 0 Å². The molecular formula is C11H15NS. The maximum absolute atomic E-state index is 5.81. The molecule has 1 aliphatic rings. The smallest absolute Gasteiger partial charge is 0.0107 e. The topological polar surface area (TPSA) is 26.0 Å². The fourth-order valence-corrected chi connectivity index (χ4v) is 2.94. The summed E-state index contributed by atoms with van der Waals surface area (Å²) in [4.78, 5) is 1.47. The second-order valence-electron chi connectivity index (χ2n) is 3.67. The molecule has 0 aromatic heterocycles. The summed E-state index contributed by atoms with van der Waals surface area (Å²) in [5, 5.41) is 0. The molecule has 2 N–H and O–H groups in total. The largest absolute Gasteiger partial charge is 0.328 e. The van der Waals surface area contributed by atoms with Gasteiger partial charge in [-0.2, -0.15) is 0 Å². The minimum atomic E-state index is 0.275. The van der Waals surface area contributed by atoms with Gasteiger partial charge in [-0.1, -0.05) is 12.1 Å². The zero-order valence-corrected chi connectivity index (χ0v) is 8.73. The average molecular weight is 193 g/mol. The van der Waals surface area contributed by atoms with Gasteiger partial charge >= 0.3 is 0 Å². The van der Waals surface area contributed by atoms with Crippen molar-refractivity contribution in [2.24, 2.45) is 5.73 Å². The molecule has 1 aromatic carbocycles. The van der Waals surface area contributed by atoms with Crippen molar-refractivity contribution in [3.8, 4) is 0 Å². The Morgan fingerprint density at radius 3 is 3.15 bits per heavy atom. The third-order valence-electron chi connectivity index (χ3n) is 2.38. The van der Waals surface area contributed by atoms with E-state index < -0.39 is 0 Å². The van der Waals surface area contributed by atoms with Gasteiger partial charge in [-0.25, -0.2) is 0 Å². The molecule has 0 spiro atoms. The van der Waals surface area contributed by atoms with Crippen LogP contribution in [0.1, 0.15) is 18.1 Å². The molecule has 70 valence electrons. The number of hydrogen-bond donors (Lipinski definition) is 1.